The maximum absolute atomic E-state index is 12.4. The molecule has 18 heavy (non-hydrogen) atoms. The van der Waals surface area contributed by atoms with Crippen LogP contribution in [-0.4, -0.2) is 29.4 Å². The van der Waals surface area contributed by atoms with Crippen LogP contribution in [0.25, 0.3) is 0 Å². The molecule has 2 aliphatic rings. The molecular weight excluding hydrogens is 230 g/mol. The van der Waals surface area contributed by atoms with Crippen LogP contribution in [0.5, 0.6) is 0 Å². The monoisotopic (exact) mass is 245 g/mol. The van der Waals surface area contributed by atoms with Crippen LogP contribution in [-0.2, 0) is 9.59 Å². The van der Waals surface area contributed by atoms with Crippen LogP contribution in [0.3, 0.4) is 0 Å². The van der Waals surface area contributed by atoms with E-state index in [-0.39, 0.29) is 24.4 Å². The number of nitrogens with one attached hydrogen (secondary N) is 1. The Kier molecular flexibility index (Phi) is 2.54. The Labute approximate surface area is 105 Å². The highest BCUT2D eigenvalue weighted by Gasteiger charge is 2.43. The highest BCUT2D eigenvalue weighted by Crippen LogP contribution is 2.35. The Morgan fingerprint density at radius 1 is 1.39 bits per heavy atom. The molecule has 2 heterocycles. The van der Waals surface area contributed by atoms with Crippen molar-refractivity contribution in [3.8, 4) is 0 Å². The second-order valence-electron chi connectivity index (χ2n) is 4.97. The van der Waals surface area contributed by atoms with E-state index in [0.717, 1.165) is 24.1 Å². The molecule has 0 radical (unpaired) electrons. The zero-order chi connectivity index (χ0) is 12.7. The van der Waals surface area contributed by atoms with Gasteiger partial charge in [-0.3, -0.25) is 19.5 Å². The number of carbonyl (C=O) groups is 2. The second-order valence-corrected chi connectivity index (χ2v) is 4.97. The van der Waals surface area contributed by atoms with Crippen molar-refractivity contribution < 1.29 is 9.59 Å². The summed E-state index contributed by atoms with van der Waals surface area (Å²) in [6, 6.07) is 1.51. The third kappa shape index (κ3) is 1.85. The highest BCUT2D eigenvalue weighted by molar-refractivity contribution is 6.07. The summed E-state index contributed by atoms with van der Waals surface area (Å²) >= 11 is 0. The molecule has 2 amide bonds. The third-order valence-corrected chi connectivity index (χ3v) is 3.55. The summed E-state index contributed by atoms with van der Waals surface area (Å²) < 4.78 is 0. The Morgan fingerprint density at radius 2 is 2.17 bits per heavy atom. The largest absolute Gasteiger partial charge is 0.342 e. The molecule has 1 atom stereocenters. The van der Waals surface area contributed by atoms with Gasteiger partial charge in [-0.15, -0.1) is 0 Å². The van der Waals surface area contributed by atoms with Crippen molar-refractivity contribution in [2.75, 3.05) is 11.4 Å². The van der Waals surface area contributed by atoms with E-state index in [2.05, 4.69) is 10.3 Å². The average Bonchev–Trinajstić information content (AvgIpc) is 3.17. The van der Waals surface area contributed by atoms with E-state index in [4.69, 9.17) is 0 Å². The molecule has 5 heteroatoms. The molecule has 1 aliphatic carbocycles. The van der Waals surface area contributed by atoms with Gasteiger partial charge in [0, 0.05) is 6.20 Å². The molecule has 1 saturated carbocycles. The fourth-order valence-corrected chi connectivity index (χ4v) is 2.36. The van der Waals surface area contributed by atoms with Crippen molar-refractivity contribution >= 4 is 17.5 Å². The first kappa shape index (κ1) is 11.2. The number of pyridine rings is 1. The summed E-state index contributed by atoms with van der Waals surface area (Å²) in [5.41, 5.74) is 1.70. The van der Waals surface area contributed by atoms with Gasteiger partial charge in [0.1, 0.15) is 12.6 Å². The standard InChI is InChI=1S/C13H15N3O2/c1-8-4-5-14-6-10(8)16-7-11(17)15-12(13(16)18)9-2-3-9/h4-6,9,12H,2-3,7H2,1H3,(H,15,17). The van der Waals surface area contributed by atoms with E-state index in [1.807, 2.05) is 13.0 Å². The van der Waals surface area contributed by atoms with E-state index < -0.39 is 0 Å². The normalized spacial score (nSPS) is 24.1. The Hall–Kier alpha value is -1.91. The smallest absolute Gasteiger partial charge is 0.250 e. The molecule has 0 bridgehead atoms. The quantitative estimate of drug-likeness (QED) is 0.831. The fraction of sp³-hybridized carbons (Fsp3) is 0.462. The number of piperazine rings is 1. The minimum absolute atomic E-state index is 0.00630. The Morgan fingerprint density at radius 3 is 2.83 bits per heavy atom. The molecule has 5 nitrogen and oxygen atoms in total. The first-order valence-corrected chi connectivity index (χ1v) is 6.18. The predicted octanol–water partition coefficient (Wildman–Crippen LogP) is 0.631. The predicted molar refractivity (Wildman–Crippen MR) is 66.0 cm³/mol. The zero-order valence-corrected chi connectivity index (χ0v) is 10.2. The molecule has 1 aliphatic heterocycles. The van der Waals surface area contributed by atoms with Crippen LogP contribution in [0.4, 0.5) is 5.69 Å². The molecule has 0 spiro atoms. The maximum Gasteiger partial charge on any atom is 0.250 e. The van der Waals surface area contributed by atoms with Crippen LogP contribution in [0, 0.1) is 12.8 Å². The van der Waals surface area contributed by atoms with Gasteiger partial charge in [-0.2, -0.15) is 0 Å². The van der Waals surface area contributed by atoms with Crippen molar-refractivity contribution in [3.05, 3.63) is 24.0 Å². The van der Waals surface area contributed by atoms with Crippen molar-refractivity contribution in [3.63, 3.8) is 0 Å². The minimum atomic E-state index is -0.342. The summed E-state index contributed by atoms with van der Waals surface area (Å²) in [5.74, 6) is 0.226. The molecule has 1 aromatic rings. The molecular formula is C13H15N3O2. The first-order chi connectivity index (χ1) is 8.66. The lowest BCUT2D eigenvalue weighted by molar-refractivity contribution is -0.131. The van der Waals surface area contributed by atoms with Gasteiger partial charge in [0.2, 0.25) is 11.8 Å². The average molecular weight is 245 g/mol. The number of amides is 2. The van der Waals surface area contributed by atoms with Crippen LogP contribution in [0.2, 0.25) is 0 Å². The molecule has 94 valence electrons. The van der Waals surface area contributed by atoms with E-state index in [1.54, 1.807) is 17.3 Å². The van der Waals surface area contributed by atoms with E-state index in [9.17, 15) is 9.59 Å². The first-order valence-electron chi connectivity index (χ1n) is 6.18. The number of aromatic nitrogens is 1. The number of hydrogen-bond acceptors (Lipinski definition) is 3. The summed E-state index contributed by atoms with van der Waals surface area (Å²) in [6.07, 6.45) is 5.38. The topological polar surface area (TPSA) is 62.3 Å². The van der Waals surface area contributed by atoms with Crippen molar-refractivity contribution in [2.24, 2.45) is 5.92 Å². The zero-order valence-electron chi connectivity index (χ0n) is 10.2. The minimum Gasteiger partial charge on any atom is -0.342 e. The Bertz CT molecular complexity index is 511. The van der Waals surface area contributed by atoms with Crippen LogP contribution < -0.4 is 10.2 Å². The molecule has 1 unspecified atom stereocenters. The van der Waals surface area contributed by atoms with Crippen molar-refractivity contribution in [1.82, 2.24) is 10.3 Å². The molecule has 1 saturated heterocycles. The summed E-state index contributed by atoms with van der Waals surface area (Å²) in [7, 11) is 0. The number of hydrogen-bond donors (Lipinski definition) is 1. The lowest BCUT2D eigenvalue weighted by Gasteiger charge is -2.33. The SMILES string of the molecule is Cc1ccncc1N1CC(=O)NC(C2CC2)C1=O. The van der Waals surface area contributed by atoms with Gasteiger partial charge in [-0.25, -0.2) is 0 Å². The third-order valence-electron chi connectivity index (χ3n) is 3.55. The highest BCUT2D eigenvalue weighted by atomic mass is 16.2. The Balaban J connectivity index is 1.93. The fourth-order valence-electron chi connectivity index (χ4n) is 2.36. The van der Waals surface area contributed by atoms with E-state index in [0.29, 0.717) is 5.92 Å². The van der Waals surface area contributed by atoms with Crippen LogP contribution in [0.1, 0.15) is 18.4 Å². The molecule has 0 aromatic carbocycles. The lowest BCUT2D eigenvalue weighted by atomic mass is 10.1. The van der Waals surface area contributed by atoms with Gasteiger partial charge in [0.25, 0.3) is 0 Å². The van der Waals surface area contributed by atoms with Crippen molar-refractivity contribution in [2.45, 2.75) is 25.8 Å². The molecule has 1 aromatic heterocycles. The number of aryl methyl sites for hydroxylation is 1. The van der Waals surface area contributed by atoms with Gasteiger partial charge in [0.15, 0.2) is 0 Å². The number of rotatable bonds is 2. The van der Waals surface area contributed by atoms with Gasteiger partial charge in [-0.1, -0.05) is 0 Å². The van der Waals surface area contributed by atoms with Crippen molar-refractivity contribution in [1.29, 1.82) is 0 Å². The number of carbonyl (C=O) groups excluding carboxylic acids is 2. The second kappa shape index (κ2) is 4.08. The lowest BCUT2D eigenvalue weighted by Crippen LogP contribution is -2.59. The van der Waals surface area contributed by atoms with Crippen LogP contribution in [0.15, 0.2) is 18.5 Å². The summed E-state index contributed by atoms with van der Waals surface area (Å²) in [6.45, 7) is 2.01. The molecule has 1 N–H and O–H groups in total. The van der Waals surface area contributed by atoms with E-state index >= 15 is 0 Å². The van der Waals surface area contributed by atoms with Crippen LogP contribution >= 0.6 is 0 Å². The van der Waals surface area contributed by atoms with Gasteiger partial charge in [-0.05, 0) is 37.3 Å². The number of anilines is 1. The van der Waals surface area contributed by atoms with Gasteiger partial charge < -0.3 is 5.32 Å². The summed E-state index contributed by atoms with van der Waals surface area (Å²) in [5, 5.41) is 2.80. The van der Waals surface area contributed by atoms with E-state index in [1.165, 1.54) is 0 Å². The van der Waals surface area contributed by atoms with Gasteiger partial charge >= 0.3 is 0 Å². The molecule has 3 rings (SSSR count). The molecule has 2 fully saturated rings. The van der Waals surface area contributed by atoms with Gasteiger partial charge in [0.05, 0.1) is 11.9 Å². The maximum atomic E-state index is 12.4. The number of nitrogens with zero attached hydrogens (tertiary/aromatic N) is 2. The summed E-state index contributed by atoms with van der Waals surface area (Å²) in [4.78, 5) is 29.7.